The number of thiazole rings is 1. The van der Waals surface area contributed by atoms with Crippen molar-refractivity contribution in [2.45, 2.75) is 43.9 Å². The van der Waals surface area contributed by atoms with Crippen LogP contribution in [0.1, 0.15) is 35.6 Å². The molecule has 8 rings (SSSR count). The number of fused-ring (bicyclic) bond motifs is 1. The Morgan fingerprint density at radius 1 is 1.04 bits per heavy atom. The Morgan fingerprint density at radius 2 is 1.84 bits per heavy atom. The number of likely N-dealkylation sites (tertiary alicyclic amines) is 2. The monoisotopic (exact) mass is 704 g/mol. The van der Waals surface area contributed by atoms with Crippen molar-refractivity contribution >= 4 is 28.3 Å². The molecule has 0 bridgehead atoms. The lowest BCUT2D eigenvalue weighted by Crippen LogP contribution is -2.53. The molecule has 2 fully saturated rings. The van der Waals surface area contributed by atoms with Gasteiger partial charge in [-0.3, -0.25) is 19.1 Å². The molecule has 0 unspecified atom stereocenters. The van der Waals surface area contributed by atoms with E-state index >= 15 is 0 Å². The van der Waals surface area contributed by atoms with Crippen LogP contribution in [0.3, 0.4) is 0 Å². The summed E-state index contributed by atoms with van der Waals surface area (Å²) in [5.74, 6) is 0.792. The molecule has 0 aliphatic carbocycles. The second-order valence-corrected chi connectivity index (χ2v) is 14.8. The summed E-state index contributed by atoms with van der Waals surface area (Å²) in [6.45, 7) is 3.36. The zero-order valence-corrected chi connectivity index (χ0v) is 29.2. The largest absolute Gasteiger partial charge is 0.497 e. The highest BCUT2D eigenvalue weighted by Crippen LogP contribution is 2.37. The first-order valence-corrected chi connectivity index (χ1v) is 18.2. The second-order valence-electron chi connectivity index (χ2n) is 13.6. The van der Waals surface area contributed by atoms with Crippen LogP contribution in [0.5, 0.6) is 5.75 Å². The fourth-order valence-corrected chi connectivity index (χ4v) is 8.53. The van der Waals surface area contributed by atoms with Gasteiger partial charge in [-0.25, -0.2) is 9.97 Å². The maximum atomic E-state index is 14.2. The van der Waals surface area contributed by atoms with E-state index in [1.807, 2.05) is 70.4 Å². The average molecular weight is 705 g/mol. The van der Waals surface area contributed by atoms with Crippen LogP contribution in [0, 0.1) is 5.92 Å². The van der Waals surface area contributed by atoms with E-state index in [0.717, 1.165) is 48.1 Å². The SMILES string of the molecule is COc1ccc(-n2ccc3c(=O)n(CC4(O)CCN(C(=O)[C@@H]5CCN(Cc6cnc(-c7ccoc7)s6)C[C@H]5c5ccccc5)CC4)cnc32)cc1. The third-order valence-corrected chi connectivity index (χ3v) is 11.5. The zero-order chi connectivity index (χ0) is 35.0. The highest BCUT2D eigenvalue weighted by atomic mass is 32.1. The van der Waals surface area contributed by atoms with Gasteiger partial charge in [-0.2, -0.15) is 0 Å². The van der Waals surface area contributed by atoms with Gasteiger partial charge in [-0.05, 0) is 67.8 Å². The van der Waals surface area contributed by atoms with E-state index in [9.17, 15) is 14.7 Å². The molecular weight excluding hydrogens is 665 g/mol. The Hall–Kier alpha value is -5.04. The molecule has 2 aliphatic heterocycles. The van der Waals surface area contributed by atoms with Gasteiger partial charge in [0.05, 0.1) is 30.9 Å². The number of carbonyl (C=O) groups is 1. The fourth-order valence-electron chi connectivity index (χ4n) is 7.59. The summed E-state index contributed by atoms with van der Waals surface area (Å²) in [4.78, 5) is 42.5. The number of ether oxygens (including phenoxy) is 1. The van der Waals surface area contributed by atoms with Gasteiger partial charge in [0.15, 0.2) is 5.65 Å². The first kappa shape index (κ1) is 33.1. The predicted molar refractivity (Wildman–Crippen MR) is 195 cm³/mol. The fraction of sp³-hybridized carbons (Fsp3) is 0.333. The van der Waals surface area contributed by atoms with Crippen molar-refractivity contribution in [3.63, 3.8) is 0 Å². The smallest absolute Gasteiger partial charge is 0.262 e. The lowest BCUT2D eigenvalue weighted by molar-refractivity contribution is -0.142. The van der Waals surface area contributed by atoms with Crippen LogP contribution in [0.25, 0.3) is 27.3 Å². The number of hydrogen-bond acceptors (Lipinski definition) is 9. The molecule has 0 spiro atoms. The number of methoxy groups -OCH3 is 1. The normalized spacial score (nSPS) is 19.4. The minimum absolute atomic E-state index is 0.0520. The van der Waals surface area contributed by atoms with Gasteiger partial charge in [0, 0.05) is 66.5 Å². The predicted octanol–water partition coefficient (Wildman–Crippen LogP) is 5.57. The van der Waals surface area contributed by atoms with Crippen molar-refractivity contribution in [2.75, 3.05) is 33.3 Å². The molecule has 11 nitrogen and oxygen atoms in total. The maximum Gasteiger partial charge on any atom is 0.262 e. The average Bonchev–Trinajstić information content (AvgIpc) is 3.96. The summed E-state index contributed by atoms with van der Waals surface area (Å²) in [5.41, 5.74) is 2.25. The molecule has 1 N–H and O–H groups in total. The molecule has 1 amide bonds. The van der Waals surface area contributed by atoms with Crippen molar-refractivity contribution in [3.8, 4) is 22.0 Å². The Bertz CT molecular complexity index is 2170. The van der Waals surface area contributed by atoms with Gasteiger partial charge in [0.1, 0.15) is 23.3 Å². The maximum absolute atomic E-state index is 14.2. The van der Waals surface area contributed by atoms with E-state index in [1.54, 1.807) is 37.0 Å². The number of aliphatic hydroxyl groups is 1. The topological polar surface area (TPSA) is 119 Å². The lowest BCUT2D eigenvalue weighted by atomic mass is 9.79. The third-order valence-electron chi connectivity index (χ3n) is 10.4. The summed E-state index contributed by atoms with van der Waals surface area (Å²) in [6.07, 6.45) is 10.2. The molecule has 2 saturated heterocycles. The number of amides is 1. The summed E-state index contributed by atoms with van der Waals surface area (Å²) in [6, 6.07) is 21.6. The van der Waals surface area contributed by atoms with Crippen molar-refractivity contribution in [1.29, 1.82) is 0 Å². The first-order chi connectivity index (χ1) is 24.9. The Balaban J connectivity index is 0.928. The van der Waals surface area contributed by atoms with Crippen LogP contribution in [0.4, 0.5) is 0 Å². The summed E-state index contributed by atoms with van der Waals surface area (Å²) in [7, 11) is 1.62. The van der Waals surface area contributed by atoms with E-state index in [2.05, 4.69) is 27.0 Å². The summed E-state index contributed by atoms with van der Waals surface area (Å²) < 4.78 is 13.9. The standard InChI is InChI=1S/C39H40N6O5S/c1-49-30-9-7-29(8-10-30)45-17-12-33-35(45)41-26-44(38(33)47)25-39(48)14-18-43(19-15-39)37(46)32-11-16-42(23-34(32)27-5-3-2-4-6-27)22-31-21-40-36(51-31)28-13-20-50-24-28/h2-10,12-13,17,20-21,24,26,32,34,48H,11,14-16,18-19,22-23,25H2,1H3/t32-,34+/m1/s1. The molecule has 6 aromatic rings. The van der Waals surface area contributed by atoms with Crippen LogP contribution in [-0.4, -0.2) is 78.8 Å². The zero-order valence-electron chi connectivity index (χ0n) is 28.4. The van der Waals surface area contributed by atoms with Crippen LogP contribution in [-0.2, 0) is 17.9 Å². The Morgan fingerprint density at radius 3 is 2.59 bits per heavy atom. The molecule has 51 heavy (non-hydrogen) atoms. The minimum atomic E-state index is -1.12. The number of benzene rings is 2. The molecule has 0 radical (unpaired) electrons. The number of nitrogens with zero attached hydrogens (tertiary/aromatic N) is 6. The van der Waals surface area contributed by atoms with Crippen LogP contribution in [0.15, 0.2) is 107 Å². The van der Waals surface area contributed by atoms with Crippen LogP contribution in [0.2, 0.25) is 0 Å². The number of furan rings is 1. The highest BCUT2D eigenvalue weighted by molar-refractivity contribution is 7.15. The second kappa shape index (κ2) is 13.9. The molecule has 0 saturated carbocycles. The number of hydrogen-bond donors (Lipinski definition) is 1. The highest BCUT2D eigenvalue weighted by Gasteiger charge is 2.41. The third kappa shape index (κ3) is 6.74. The van der Waals surface area contributed by atoms with Gasteiger partial charge in [-0.15, -0.1) is 11.3 Å². The van der Waals surface area contributed by atoms with Crippen molar-refractivity contribution < 1.29 is 19.1 Å². The van der Waals surface area contributed by atoms with Gasteiger partial charge in [0.25, 0.3) is 5.56 Å². The molecule has 4 aromatic heterocycles. The Labute approximate surface area is 299 Å². The van der Waals surface area contributed by atoms with E-state index in [1.165, 1.54) is 21.3 Å². The van der Waals surface area contributed by atoms with Crippen molar-refractivity contribution in [2.24, 2.45) is 5.92 Å². The molecule has 2 atom stereocenters. The van der Waals surface area contributed by atoms with Crippen molar-refractivity contribution in [3.05, 3.63) is 119 Å². The van der Waals surface area contributed by atoms with E-state index in [0.29, 0.717) is 37.0 Å². The van der Waals surface area contributed by atoms with E-state index in [-0.39, 0.29) is 29.8 Å². The molecular formula is C39H40N6O5S. The van der Waals surface area contributed by atoms with Crippen LogP contribution < -0.4 is 10.3 Å². The molecule has 262 valence electrons. The van der Waals surface area contributed by atoms with Crippen molar-refractivity contribution in [1.82, 2.24) is 28.9 Å². The Kier molecular flexibility index (Phi) is 9.05. The first-order valence-electron chi connectivity index (χ1n) is 17.3. The lowest BCUT2D eigenvalue weighted by Gasteiger charge is -2.43. The number of aromatic nitrogens is 4. The van der Waals surface area contributed by atoms with E-state index in [4.69, 9.17) is 9.15 Å². The summed E-state index contributed by atoms with van der Waals surface area (Å²) >= 11 is 1.67. The molecule has 2 aliphatic rings. The number of piperidine rings is 2. The van der Waals surface area contributed by atoms with Gasteiger partial charge < -0.3 is 23.7 Å². The molecule has 6 heterocycles. The van der Waals surface area contributed by atoms with E-state index < -0.39 is 5.60 Å². The number of rotatable bonds is 9. The van der Waals surface area contributed by atoms with Gasteiger partial charge in [0.2, 0.25) is 5.91 Å². The number of carbonyl (C=O) groups excluding carboxylic acids is 1. The van der Waals surface area contributed by atoms with Crippen LogP contribution >= 0.6 is 11.3 Å². The quantitative estimate of drug-likeness (QED) is 0.208. The molecule has 2 aromatic carbocycles. The van der Waals surface area contributed by atoms with Gasteiger partial charge >= 0.3 is 0 Å². The summed E-state index contributed by atoms with van der Waals surface area (Å²) in [5, 5.41) is 13.1. The van der Waals surface area contributed by atoms with Gasteiger partial charge in [-0.1, -0.05) is 30.3 Å². The minimum Gasteiger partial charge on any atom is -0.497 e. The molecule has 12 heteroatoms.